The minimum atomic E-state index is 0.704. The van der Waals surface area contributed by atoms with Crippen LogP contribution in [0, 0.1) is 0 Å². The van der Waals surface area contributed by atoms with E-state index in [0.29, 0.717) is 5.92 Å². The minimum absolute atomic E-state index is 0.704. The second kappa shape index (κ2) is 10.1. The standard InChI is InChI=1S/C7H10S.C5H13NO/c1-6(2)7-4-3-5-8-7;1-2-3-4-5-6-7/h3-6H,1-2H3;6-7H,2-5H2,1H3. The van der Waals surface area contributed by atoms with Crippen molar-refractivity contribution in [2.75, 3.05) is 6.54 Å². The molecule has 1 aromatic rings. The third kappa shape index (κ3) is 8.60. The lowest BCUT2D eigenvalue weighted by atomic mass is 10.2. The number of hydroxylamine groups is 1. The van der Waals surface area contributed by atoms with Crippen LogP contribution in [0.25, 0.3) is 0 Å². The molecule has 0 radical (unpaired) electrons. The summed E-state index contributed by atoms with van der Waals surface area (Å²) in [5.74, 6) is 0.704. The van der Waals surface area contributed by atoms with E-state index >= 15 is 0 Å². The minimum Gasteiger partial charge on any atom is -0.317 e. The molecule has 2 N–H and O–H groups in total. The highest BCUT2D eigenvalue weighted by Gasteiger charge is 1.95. The normalized spacial score (nSPS) is 9.93. The van der Waals surface area contributed by atoms with Gasteiger partial charge in [0.2, 0.25) is 0 Å². The van der Waals surface area contributed by atoms with Crippen molar-refractivity contribution in [1.29, 1.82) is 0 Å². The van der Waals surface area contributed by atoms with Crippen LogP contribution in [0.5, 0.6) is 0 Å². The first-order valence-electron chi connectivity index (χ1n) is 5.62. The third-order valence-corrected chi connectivity index (χ3v) is 3.18. The number of hydrogen-bond acceptors (Lipinski definition) is 3. The monoisotopic (exact) mass is 229 g/mol. The van der Waals surface area contributed by atoms with Crippen LogP contribution in [0.1, 0.15) is 50.8 Å². The van der Waals surface area contributed by atoms with Crippen molar-refractivity contribution in [2.45, 2.75) is 46.0 Å². The molecule has 0 aliphatic rings. The summed E-state index contributed by atoms with van der Waals surface area (Å²) in [5, 5.41) is 10.2. The van der Waals surface area contributed by atoms with E-state index in [4.69, 9.17) is 5.21 Å². The molecule has 0 bridgehead atoms. The SMILES string of the molecule is CC(C)c1cccs1.CCCCCNO. The van der Waals surface area contributed by atoms with E-state index < -0.39 is 0 Å². The summed E-state index contributed by atoms with van der Waals surface area (Å²) in [4.78, 5) is 1.48. The van der Waals surface area contributed by atoms with Crippen molar-refractivity contribution < 1.29 is 5.21 Å². The van der Waals surface area contributed by atoms with E-state index in [2.05, 4.69) is 43.8 Å². The Hall–Kier alpha value is -0.380. The fraction of sp³-hybridized carbons (Fsp3) is 0.667. The van der Waals surface area contributed by atoms with Crippen LogP contribution in [-0.4, -0.2) is 11.8 Å². The van der Waals surface area contributed by atoms with Gasteiger partial charge in [0.1, 0.15) is 0 Å². The Morgan fingerprint density at radius 1 is 1.40 bits per heavy atom. The average Bonchev–Trinajstić information content (AvgIpc) is 2.72. The van der Waals surface area contributed by atoms with Gasteiger partial charge in [-0.3, -0.25) is 0 Å². The predicted octanol–water partition coefficient (Wildman–Crippen LogP) is 4.03. The molecule has 15 heavy (non-hydrogen) atoms. The highest BCUT2D eigenvalue weighted by atomic mass is 32.1. The largest absolute Gasteiger partial charge is 0.317 e. The lowest BCUT2D eigenvalue weighted by molar-refractivity contribution is 0.165. The van der Waals surface area contributed by atoms with Crippen LogP contribution < -0.4 is 5.48 Å². The van der Waals surface area contributed by atoms with Crippen LogP contribution >= 0.6 is 11.3 Å². The molecule has 2 nitrogen and oxygen atoms in total. The molecule has 1 aromatic heterocycles. The van der Waals surface area contributed by atoms with Crippen molar-refractivity contribution in [1.82, 2.24) is 5.48 Å². The highest BCUT2D eigenvalue weighted by Crippen LogP contribution is 2.18. The molecule has 0 aliphatic heterocycles. The molecule has 0 saturated heterocycles. The van der Waals surface area contributed by atoms with Gasteiger partial charge in [0, 0.05) is 11.4 Å². The molecule has 1 rings (SSSR count). The van der Waals surface area contributed by atoms with Gasteiger partial charge >= 0.3 is 0 Å². The molecule has 0 spiro atoms. The van der Waals surface area contributed by atoms with Gasteiger partial charge in [-0.1, -0.05) is 39.7 Å². The quantitative estimate of drug-likeness (QED) is 0.590. The Kier molecular flexibility index (Phi) is 9.89. The van der Waals surface area contributed by atoms with Gasteiger partial charge in [0.05, 0.1) is 0 Å². The summed E-state index contributed by atoms with van der Waals surface area (Å²) in [5.41, 5.74) is 2.10. The predicted molar refractivity (Wildman–Crippen MR) is 67.7 cm³/mol. The molecule has 0 saturated carbocycles. The van der Waals surface area contributed by atoms with Crippen LogP contribution in [-0.2, 0) is 0 Å². The van der Waals surface area contributed by atoms with E-state index in [9.17, 15) is 0 Å². The Bertz CT molecular complexity index is 205. The van der Waals surface area contributed by atoms with Crippen LogP contribution in [0.15, 0.2) is 17.5 Å². The second-order valence-corrected chi connectivity index (χ2v) is 4.76. The molecule has 0 atom stereocenters. The maximum atomic E-state index is 8.04. The Balaban J connectivity index is 0.000000265. The summed E-state index contributed by atoms with van der Waals surface area (Å²) in [7, 11) is 0. The second-order valence-electron chi connectivity index (χ2n) is 3.79. The van der Waals surface area contributed by atoms with E-state index in [1.807, 2.05) is 11.3 Å². The molecule has 0 unspecified atom stereocenters. The Morgan fingerprint density at radius 2 is 2.13 bits per heavy atom. The third-order valence-electron chi connectivity index (χ3n) is 2.00. The summed E-state index contributed by atoms with van der Waals surface area (Å²) < 4.78 is 0. The van der Waals surface area contributed by atoms with Crippen molar-refractivity contribution in [3.8, 4) is 0 Å². The number of unbranched alkanes of at least 4 members (excludes halogenated alkanes) is 2. The van der Waals surface area contributed by atoms with E-state index in [-0.39, 0.29) is 0 Å². The van der Waals surface area contributed by atoms with Gasteiger partial charge < -0.3 is 5.21 Å². The maximum Gasteiger partial charge on any atom is 0.0207 e. The average molecular weight is 229 g/mol. The van der Waals surface area contributed by atoms with E-state index in [1.54, 1.807) is 0 Å². The summed E-state index contributed by atoms with van der Waals surface area (Å²) in [6.07, 6.45) is 3.49. The van der Waals surface area contributed by atoms with Crippen molar-refractivity contribution in [3.63, 3.8) is 0 Å². The molecule has 88 valence electrons. The van der Waals surface area contributed by atoms with Gasteiger partial charge in [-0.2, -0.15) is 0 Å². The van der Waals surface area contributed by atoms with E-state index in [0.717, 1.165) is 13.0 Å². The Morgan fingerprint density at radius 3 is 2.47 bits per heavy atom. The summed E-state index contributed by atoms with van der Waals surface area (Å²) in [6.45, 7) is 7.29. The van der Waals surface area contributed by atoms with Gasteiger partial charge in [0.15, 0.2) is 0 Å². The smallest absolute Gasteiger partial charge is 0.0207 e. The first kappa shape index (κ1) is 14.6. The summed E-state index contributed by atoms with van der Waals surface area (Å²) in [6, 6.07) is 4.27. The molecule has 0 amide bonds. The lowest BCUT2D eigenvalue weighted by Crippen LogP contribution is -2.07. The van der Waals surface area contributed by atoms with Gasteiger partial charge in [0.25, 0.3) is 0 Å². The fourth-order valence-electron chi connectivity index (χ4n) is 1.07. The van der Waals surface area contributed by atoms with Crippen LogP contribution in [0.4, 0.5) is 0 Å². The van der Waals surface area contributed by atoms with Crippen molar-refractivity contribution in [3.05, 3.63) is 22.4 Å². The molecule has 1 heterocycles. The van der Waals surface area contributed by atoms with Crippen LogP contribution in [0.3, 0.4) is 0 Å². The zero-order valence-electron chi connectivity index (χ0n) is 9.99. The first-order chi connectivity index (χ1) is 7.22. The van der Waals surface area contributed by atoms with Crippen LogP contribution in [0.2, 0.25) is 0 Å². The molecular formula is C12H23NOS. The lowest BCUT2D eigenvalue weighted by Gasteiger charge is -1.95. The molecule has 0 aliphatic carbocycles. The van der Waals surface area contributed by atoms with E-state index in [1.165, 1.54) is 17.7 Å². The number of thiophene rings is 1. The first-order valence-corrected chi connectivity index (χ1v) is 6.50. The highest BCUT2D eigenvalue weighted by molar-refractivity contribution is 7.10. The zero-order chi connectivity index (χ0) is 11.5. The maximum absolute atomic E-state index is 8.04. The molecule has 3 heteroatoms. The fourth-order valence-corrected chi connectivity index (χ4v) is 1.82. The van der Waals surface area contributed by atoms with Gasteiger partial charge in [-0.05, 0) is 23.8 Å². The number of rotatable bonds is 5. The molecule has 0 fully saturated rings. The number of nitrogens with one attached hydrogen (secondary N) is 1. The van der Waals surface area contributed by atoms with Gasteiger partial charge in [-0.15, -0.1) is 11.3 Å². The van der Waals surface area contributed by atoms with Gasteiger partial charge in [-0.25, -0.2) is 5.48 Å². The number of hydrogen-bond donors (Lipinski definition) is 2. The van der Waals surface area contributed by atoms with Crippen molar-refractivity contribution >= 4 is 11.3 Å². The molecule has 0 aromatic carbocycles. The Labute approximate surface area is 97.3 Å². The topological polar surface area (TPSA) is 32.3 Å². The molecular weight excluding hydrogens is 206 g/mol. The summed E-state index contributed by atoms with van der Waals surface area (Å²) >= 11 is 1.83. The van der Waals surface area contributed by atoms with Crippen molar-refractivity contribution in [2.24, 2.45) is 0 Å². The zero-order valence-corrected chi connectivity index (χ0v) is 10.8.